The number of aromatic amines is 1. The molecule has 0 bridgehead atoms. The number of nitriles is 1. The second-order valence-corrected chi connectivity index (χ2v) is 3.41. The van der Waals surface area contributed by atoms with E-state index in [1.807, 2.05) is 6.07 Å². The Morgan fingerprint density at radius 3 is 2.94 bits per heavy atom. The van der Waals surface area contributed by atoms with E-state index in [0.29, 0.717) is 22.3 Å². The second-order valence-electron chi connectivity index (χ2n) is 3.41. The molecule has 0 radical (unpaired) electrons. The molecule has 1 aromatic heterocycles. The minimum Gasteiger partial charge on any atom is -0.497 e. The Labute approximate surface area is 92.1 Å². The molecule has 16 heavy (non-hydrogen) atoms. The van der Waals surface area contributed by atoms with Crippen molar-refractivity contribution >= 4 is 10.9 Å². The molecule has 4 nitrogen and oxygen atoms in total. The van der Waals surface area contributed by atoms with Gasteiger partial charge in [0, 0.05) is 23.2 Å². The van der Waals surface area contributed by atoms with Crippen LogP contribution in [-0.2, 0) is 6.42 Å². The van der Waals surface area contributed by atoms with Crippen molar-refractivity contribution in [2.45, 2.75) is 6.42 Å². The van der Waals surface area contributed by atoms with Crippen LogP contribution in [0.2, 0.25) is 0 Å². The molecule has 0 amide bonds. The van der Waals surface area contributed by atoms with Gasteiger partial charge in [-0.2, -0.15) is 5.26 Å². The van der Waals surface area contributed by atoms with Gasteiger partial charge in [0.2, 0.25) is 0 Å². The van der Waals surface area contributed by atoms with Crippen LogP contribution in [-0.4, -0.2) is 12.1 Å². The lowest BCUT2D eigenvalue weighted by Gasteiger charge is -2.03. The van der Waals surface area contributed by atoms with Gasteiger partial charge in [0.15, 0.2) is 5.43 Å². The zero-order chi connectivity index (χ0) is 11.5. The van der Waals surface area contributed by atoms with Gasteiger partial charge in [0.25, 0.3) is 0 Å². The van der Waals surface area contributed by atoms with Gasteiger partial charge in [-0.1, -0.05) is 0 Å². The minimum absolute atomic E-state index is 0.0818. The van der Waals surface area contributed by atoms with E-state index in [0.717, 1.165) is 0 Å². The van der Waals surface area contributed by atoms with Gasteiger partial charge in [-0.15, -0.1) is 0 Å². The molecule has 0 saturated carbocycles. The second kappa shape index (κ2) is 4.07. The summed E-state index contributed by atoms with van der Waals surface area (Å²) in [7, 11) is 1.57. The lowest BCUT2D eigenvalue weighted by atomic mass is 10.1. The lowest BCUT2D eigenvalue weighted by Crippen LogP contribution is -2.04. The summed E-state index contributed by atoms with van der Waals surface area (Å²) >= 11 is 0. The van der Waals surface area contributed by atoms with Crippen molar-refractivity contribution in [3.63, 3.8) is 0 Å². The predicted octanol–water partition coefficient (Wildman–Crippen LogP) is 1.60. The summed E-state index contributed by atoms with van der Waals surface area (Å²) in [5.41, 5.74) is 1.23. The van der Waals surface area contributed by atoms with Gasteiger partial charge in [-0.3, -0.25) is 4.79 Å². The van der Waals surface area contributed by atoms with Gasteiger partial charge in [-0.05, 0) is 12.1 Å². The first kappa shape index (κ1) is 10.2. The molecule has 0 spiro atoms. The summed E-state index contributed by atoms with van der Waals surface area (Å²) in [4.78, 5) is 14.7. The van der Waals surface area contributed by atoms with E-state index >= 15 is 0 Å². The number of fused-ring (bicyclic) bond motifs is 1. The van der Waals surface area contributed by atoms with Gasteiger partial charge in [-0.25, -0.2) is 0 Å². The summed E-state index contributed by atoms with van der Waals surface area (Å²) < 4.78 is 5.07. The third-order valence-electron chi connectivity index (χ3n) is 2.36. The molecular weight excluding hydrogens is 204 g/mol. The number of ether oxygens (including phenoxy) is 1. The molecule has 0 saturated heterocycles. The van der Waals surface area contributed by atoms with Crippen molar-refractivity contribution in [1.82, 2.24) is 4.98 Å². The number of pyridine rings is 1. The van der Waals surface area contributed by atoms with Crippen LogP contribution in [0.15, 0.2) is 29.1 Å². The molecule has 0 aliphatic heterocycles. The highest BCUT2D eigenvalue weighted by atomic mass is 16.5. The maximum atomic E-state index is 11.7. The van der Waals surface area contributed by atoms with Crippen molar-refractivity contribution in [2.75, 3.05) is 7.11 Å². The summed E-state index contributed by atoms with van der Waals surface area (Å²) in [5, 5.41) is 9.19. The standard InChI is InChI=1S/C12H10N2O2/c1-16-9-2-3-10-11(7-9)14-8(4-5-13)6-12(10)15/h2-3,6-7H,4H2,1H3,(H,14,15). The van der Waals surface area contributed by atoms with Gasteiger partial charge in [0.05, 0.1) is 25.1 Å². The zero-order valence-corrected chi connectivity index (χ0v) is 8.78. The summed E-state index contributed by atoms with van der Waals surface area (Å²) in [6.45, 7) is 0. The van der Waals surface area contributed by atoms with E-state index < -0.39 is 0 Å². The van der Waals surface area contributed by atoms with Crippen LogP contribution in [0.25, 0.3) is 10.9 Å². The Bertz CT molecular complexity index is 623. The van der Waals surface area contributed by atoms with Crippen molar-refractivity contribution < 1.29 is 4.74 Å². The fourth-order valence-corrected chi connectivity index (χ4v) is 1.59. The molecule has 0 aliphatic carbocycles. The number of hydrogen-bond donors (Lipinski definition) is 1. The van der Waals surface area contributed by atoms with Crippen LogP contribution >= 0.6 is 0 Å². The largest absolute Gasteiger partial charge is 0.497 e. The molecule has 0 unspecified atom stereocenters. The van der Waals surface area contributed by atoms with Crippen molar-refractivity contribution in [3.8, 4) is 11.8 Å². The topological polar surface area (TPSA) is 65.9 Å². The average Bonchev–Trinajstić information content (AvgIpc) is 2.28. The van der Waals surface area contributed by atoms with Crippen LogP contribution in [0.1, 0.15) is 5.69 Å². The Balaban J connectivity index is 2.69. The highest BCUT2D eigenvalue weighted by Crippen LogP contribution is 2.16. The Hall–Kier alpha value is -2.28. The average molecular weight is 214 g/mol. The number of aromatic nitrogens is 1. The normalized spacial score (nSPS) is 10.0. The van der Waals surface area contributed by atoms with Crippen LogP contribution in [0.3, 0.4) is 0 Å². The van der Waals surface area contributed by atoms with E-state index in [1.165, 1.54) is 6.07 Å². The quantitative estimate of drug-likeness (QED) is 0.825. The Morgan fingerprint density at radius 1 is 1.44 bits per heavy atom. The van der Waals surface area contributed by atoms with Crippen molar-refractivity contribution in [1.29, 1.82) is 5.26 Å². The fourth-order valence-electron chi connectivity index (χ4n) is 1.59. The fraction of sp³-hybridized carbons (Fsp3) is 0.167. The number of hydrogen-bond acceptors (Lipinski definition) is 3. The van der Waals surface area contributed by atoms with E-state index in [2.05, 4.69) is 4.98 Å². The number of benzene rings is 1. The molecule has 2 rings (SSSR count). The van der Waals surface area contributed by atoms with E-state index in [9.17, 15) is 4.79 Å². The van der Waals surface area contributed by atoms with E-state index in [-0.39, 0.29) is 11.8 Å². The molecule has 0 aliphatic rings. The molecule has 1 heterocycles. The van der Waals surface area contributed by atoms with Crippen molar-refractivity contribution in [3.05, 3.63) is 40.2 Å². The molecule has 0 atom stereocenters. The SMILES string of the molecule is COc1ccc2c(=O)cc(CC#N)[nH]c2c1. The third-order valence-corrected chi connectivity index (χ3v) is 2.36. The highest BCUT2D eigenvalue weighted by molar-refractivity contribution is 5.80. The number of methoxy groups -OCH3 is 1. The molecule has 2 aromatic rings. The maximum Gasteiger partial charge on any atom is 0.189 e. The lowest BCUT2D eigenvalue weighted by molar-refractivity contribution is 0.415. The molecule has 1 aromatic carbocycles. The molecule has 4 heteroatoms. The summed E-state index contributed by atoms with van der Waals surface area (Å²) in [6.07, 6.45) is 0.197. The first-order chi connectivity index (χ1) is 7.74. The number of H-pyrrole nitrogens is 1. The number of nitrogens with one attached hydrogen (secondary N) is 1. The predicted molar refractivity (Wildman–Crippen MR) is 60.4 cm³/mol. The van der Waals surface area contributed by atoms with Gasteiger partial charge >= 0.3 is 0 Å². The van der Waals surface area contributed by atoms with Crippen LogP contribution in [0.5, 0.6) is 5.75 Å². The monoisotopic (exact) mass is 214 g/mol. The van der Waals surface area contributed by atoms with Crippen molar-refractivity contribution in [2.24, 2.45) is 0 Å². The minimum atomic E-state index is -0.0818. The van der Waals surface area contributed by atoms with Gasteiger partial charge < -0.3 is 9.72 Å². The van der Waals surface area contributed by atoms with Crippen LogP contribution < -0.4 is 10.2 Å². The molecular formula is C12H10N2O2. The smallest absolute Gasteiger partial charge is 0.189 e. The summed E-state index contributed by atoms with van der Waals surface area (Å²) in [6, 6.07) is 8.66. The zero-order valence-electron chi connectivity index (χ0n) is 8.78. The highest BCUT2D eigenvalue weighted by Gasteiger charge is 2.03. The molecule has 1 N–H and O–H groups in total. The summed E-state index contributed by atoms with van der Waals surface area (Å²) in [5.74, 6) is 0.678. The van der Waals surface area contributed by atoms with Gasteiger partial charge in [0.1, 0.15) is 5.75 Å². The molecule has 80 valence electrons. The Kier molecular flexibility index (Phi) is 2.61. The first-order valence-electron chi connectivity index (χ1n) is 4.81. The number of rotatable bonds is 2. The number of nitrogens with zero attached hydrogens (tertiary/aromatic N) is 1. The van der Waals surface area contributed by atoms with Crippen LogP contribution in [0.4, 0.5) is 0 Å². The molecule has 0 fully saturated rings. The van der Waals surface area contributed by atoms with E-state index in [4.69, 9.17) is 10.00 Å². The maximum absolute atomic E-state index is 11.7. The first-order valence-corrected chi connectivity index (χ1v) is 4.81. The Morgan fingerprint density at radius 2 is 2.25 bits per heavy atom. The third kappa shape index (κ3) is 1.75. The van der Waals surface area contributed by atoms with Crippen LogP contribution in [0, 0.1) is 11.3 Å². The van der Waals surface area contributed by atoms with E-state index in [1.54, 1.807) is 25.3 Å².